The van der Waals surface area contributed by atoms with Crippen LogP contribution in [-0.2, 0) is 4.79 Å². The van der Waals surface area contributed by atoms with Crippen molar-refractivity contribution in [1.82, 2.24) is 5.43 Å². The number of carbonyl (C=O) groups is 1. The molecule has 3 rings (SSSR count). The monoisotopic (exact) mass is 216 g/mol. The number of nitrogens with zero attached hydrogens (tertiary/aromatic N) is 1. The summed E-state index contributed by atoms with van der Waals surface area (Å²) in [7, 11) is 0. The molecule has 0 unspecified atom stereocenters. The van der Waals surface area contributed by atoms with Crippen LogP contribution < -0.4 is 10.4 Å². The number of fused-ring (bicyclic) bond motifs is 1. The first kappa shape index (κ1) is 9.70. The molecule has 84 valence electrons. The van der Waals surface area contributed by atoms with Gasteiger partial charge in [-0.1, -0.05) is 31.0 Å². The van der Waals surface area contributed by atoms with E-state index in [1.165, 1.54) is 12.8 Å². The highest BCUT2D eigenvalue weighted by atomic mass is 16.2. The highest BCUT2D eigenvalue weighted by Gasteiger charge is 2.41. The first-order chi connectivity index (χ1) is 7.86. The van der Waals surface area contributed by atoms with Gasteiger partial charge >= 0.3 is 0 Å². The summed E-state index contributed by atoms with van der Waals surface area (Å²) in [4.78, 5) is 11.8. The molecule has 0 radical (unpaired) electrons. The number of carbonyl (C=O) groups excluding carboxylic acids is 1. The van der Waals surface area contributed by atoms with Crippen LogP contribution in [0.5, 0.6) is 0 Å². The number of rotatable bonds is 1. The molecule has 1 saturated heterocycles. The van der Waals surface area contributed by atoms with E-state index in [1.54, 1.807) is 0 Å². The highest BCUT2D eigenvalue weighted by Crippen LogP contribution is 2.34. The molecule has 0 aromatic heterocycles. The minimum absolute atomic E-state index is 0.202. The largest absolute Gasteiger partial charge is 0.282 e. The van der Waals surface area contributed by atoms with Gasteiger partial charge in [-0.2, -0.15) is 0 Å². The molecule has 1 amide bonds. The Morgan fingerprint density at radius 2 is 1.88 bits per heavy atom. The van der Waals surface area contributed by atoms with E-state index in [0.29, 0.717) is 6.04 Å². The Hall–Kier alpha value is -1.51. The Labute approximate surface area is 95.4 Å². The average molecular weight is 216 g/mol. The molecule has 1 aromatic carbocycles. The Bertz CT molecular complexity index is 390. The number of benzene rings is 1. The second kappa shape index (κ2) is 3.81. The molecule has 3 heteroatoms. The number of hydrogen-bond acceptors (Lipinski definition) is 2. The Kier molecular flexibility index (Phi) is 2.31. The van der Waals surface area contributed by atoms with Crippen LogP contribution in [0.4, 0.5) is 5.69 Å². The second-order valence-corrected chi connectivity index (χ2v) is 4.64. The fraction of sp³-hybridized carbons (Fsp3) is 0.462. The first-order valence-corrected chi connectivity index (χ1v) is 6.01. The summed E-state index contributed by atoms with van der Waals surface area (Å²) < 4.78 is 0. The van der Waals surface area contributed by atoms with E-state index >= 15 is 0 Å². The molecular weight excluding hydrogens is 200 g/mol. The van der Waals surface area contributed by atoms with E-state index in [1.807, 2.05) is 18.2 Å². The zero-order chi connectivity index (χ0) is 11.0. The lowest BCUT2D eigenvalue weighted by Gasteiger charge is -2.30. The number of hydrazine groups is 1. The molecular formula is C13H16N2O. The van der Waals surface area contributed by atoms with Gasteiger partial charge in [-0.25, -0.2) is 0 Å². The molecule has 1 saturated carbocycles. The molecule has 2 fully saturated rings. The molecule has 2 atom stereocenters. The van der Waals surface area contributed by atoms with Crippen LogP contribution >= 0.6 is 0 Å². The van der Waals surface area contributed by atoms with E-state index < -0.39 is 0 Å². The molecule has 0 spiro atoms. The smallest absolute Gasteiger partial charge is 0.243 e. The zero-order valence-electron chi connectivity index (χ0n) is 9.23. The Morgan fingerprint density at radius 3 is 2.69 bits per heavy atom. The van der Waals surface area contributed by atoms with E-state index in [0.717, 1.165) is 18.5 Å². The average Bonchev–Trinajstić information content (AvgIpc) is 2.69. The van der Waals surface area contributed by atoms with E-state index in [9.17, 15) is 4.79 Å². The quantitative estimate of drug-likeness (QED) is 0.779. The van der Waals surface area contributed by atoms with Gasteiger partial charge in [0.05, 0.1) is 17.6 Å². The Morgan fingerprint density at radius 1 is 1.12 bits per heavy atom. The fourth-order valence-corrected chi connectivity index (χ4v) is 2.86. The van der Waals surface area contributed by atoms with Crippen LogP contribution in [0.3, 0.4) is 0 Å². The highest BCUT2D eigenvalue weighted by molar-refractivity contribution is 5.85. The normalized spacial score (nSPS) is 28.8. The van der Waals surface area contributed by atoms with Crippen LogP contribution in [0, 0.1) is 5.92 Å². The first-order valence-electron chi connectivity index (χ1n) is 6.01. The van der Waals surface area contributed by atoms with Crippen molar-refractivity contribution in [2.24, 2.45) is 5.92 Å². The third-order valence-corrected chi connectivity index (χ3v) is 3.66. The van der Waals surface area contributed by atoms with E-state index in [4.69, 9.17) is 0 Å². The Balaban J connectivity index is 1.89. The van der Waals surface area contributed by atoms with Gasteiger partial charge < -0.3 is 0 Å². The van der Waals surface area contributed by atoms with Crippen molar-refractivity contribution in [2.75, 3.05) is 5.01 Å². The second-order valence-electron chi connectivity index (χ2n) is 4.64. The molecule has 2 aliphatic rings. The van der Waals surface area contributed by atoms with Crippen molar-refractivity contribution in [3.05, 3.63) is 30.3 Å². The maximum atomic E-state index is 11.8. The lowest BCUT2D eigenvalue weighted by atomic mass is 9.85. The van der Waals surface area contributed by atoms with Crippen molar-refractivity contribution in [1.29, 1.82) is 0 Å². The van der Waals surface area contributed by atoms with E-state index in [-0.39, 0.29) is 11.8 Å². The molecule has 1 aliphatic heterocycles. The SMILES string of the molecule is O=C1NN(c2ccccc2)[C@@H]2CCCC[C@H]12. The number of amides is 1. The van der Waals surface area contributed by atoms with Gasteiger partial charge in [0.2, 0.25) is 5.91 Å². The number of para-hydroxylation sites is 1. The van der Waals surface area contributed by atoms with Crippen molar-refractivity contribution in [2.45, 2.75) is 31.7 Å². The number of nitrogens with one attached hydrogen (secondary N) is 1. The van der Waals surface area contributed by atoms with E-state index in [2.05, 4.69) is 22.6 Å². The molecule has 1 aromatic rings. The summed E-state index contributed by atoms with van der Waals surface area (Å²) in [5, 5.41) is 2.06. The van der Waals surface area contributed by atoms with Crippen molar-refractivity contribution in [3.8, 4) is 0 Å². The molecule has 1 heterocycles. The summed E-state index contributed by atoms with van der Waals surface area (Å²) in [6.45, 7) is 0. The minimum atomic E-state index is 0.202. The van der Waals surface area contributed by atoms with Gasteiger partial charge in [-0.15, -0.1) is 0 Å². The van der Waals surface area contributed by atoms with Gasteiger partial charge in [-0.05, 0) is 25.0 Å². The van der Waals surface area contributed by atoms with Gasteiger partial charge in [-0.3, -0.25) is 15.2 Å². The fourth-order valence-electron chi connectivity index (χ4n) is 2.86. The van der Waals surface area contributed by atoms with Crippen LogP contribution in [-0.4, -0.2) is 11.9 Å². The van der Waals surface area contributed by atoms with Crippen LogP contribution in [0.15, 0.2) is 30.3 Å². The molecule has 1 aliphatic carbocycles. The van der Waals surface area contributed by atoms with Crippen molar-refractivity contribution in [3.63, 3.8) is 0 Å². The van der Waals surface area contributed by atoms with Gasteiger partial charge in [0.15, 0.2) is 0 Å². The summed E-state index contributed by atoms with van der Waals surface area (Å²) in [6, 6.07) is 10.5. The van der Waals surface area contributed by atoms with Gasteiger partial charge in [0.25, 0.3) is 0 Å². The predicted molar refractivity (Wildman–Crippen MR) is 62.8 cm³/mol. The standard InChI is InChI=1S/C13H16N2O/c16-13-11-8-4-5-9-12(11)15(14-13)10-6-2-1-3-7-10/h1-3,6-7,11-12H,4-5,8-9H2,(H,14,16)/t11-,12+/m0/s1. The summed E-state index contributed by atoms with van der Waals surface area (Å²) >= 11 is 0. The third kappa shape index (κ3) is 1.47. The summed E-state index contributed by atoms with van der Waals surface area (Å²) in [5.74, 6) is 0.405. The predicted octanol–water partition coefficient (Wildman–Crippen LogP) is 2.10. The number of hydrogen-bond donors (Lipinski definition) is 1. The third-order valence-electron chi connectivity index (χ3n) is 3.66. The maximum Gasteiger partial charge on any atom is 0.243 e. The molecule has 3 nitrogen and oxygen atoms in total. The lowest BCUT2D eigenvalue weighted by Crippen LogP contribution is -2.39. The van der Waals surface area contributed by atoms with Crippen LogP contribution in [0.2, 0.25) is 0 Å². The summed E-state index contributed by atoms with van der Waals surface area (Å²) in [6.07, 6.45) is 4.59. The van der Waals surface area contributed by atoms with Crippen molar-refractivity contribution < 1.29 is 4.79 Å². The van der Waals surface area contributed by atoms with Gasteiger partial charge in [0.1, 0.15) is 0 Å². The van der Waals surface area contributed by atoms with Crippen LogP contribution in [0.1, 0.15) is 25.7 Å². The number of anilines is 1. The molecule has 16 heavy (non-hydrogen) atoms. The lowest BCUT2D eigenvalue weighted by molar-refractivity contribution is -0.123. The van der Waals surface area contributed by atoms with Crippen LogP contribution in [0.25, 0.3) is 0 Å². The summed E-state index contributed by atoms with van der Waals surface area (Å²) in [5.41, 5.74) is 4.11. The van der Waals surface area contributed by atoms with Gasteiger partial charge in [0, 0.05) is 0 Å². The molecule has 1 N–H and O–H groups in total. The van der Waals surface area contributed by atoms with Crippen molar-refractivity contribution >= 4 is 11.6 Å². The zero-order valence-corrected chi connectivity index (χ0v) is 9.23. The molecule has 0 bridgehead atoms. The maximum absolute atomic E-state index is 11.8. The minimum Gasteiger partial charge on any atom is -0.282 e. The topological polar surface area (TPSA) is 32.3 Å².